The maximum Gasteiger partial charge on any atom is 0.136 e. The van der Waals surface area contributed by atoms with E-state index >= 15 is 0 Å². The van der Waals surface area contributed by atoms with E-state index in [1.54, 1.807) is 0 Å². The molecule has 1 nitrogen and oxygen atoms in total. The normalized spacial score (nSPS) is 11.9. The lowest BCUT2D eigenvalue weighted by Crippen LogP contribution is -2.00. The molecule has 0 aliphatic rings. The van der Waals surface area contributed by atoms with Gasteiger partial charge in [0, 0.05) is 28.4 Å². The number of nitrogens with zero attached hydrogens (tertiary/aromatic N) is 1. The van der Waals surface area contributed by atoms with Gasteiger partial charge >= 0.3 is 0 Å². The molecule has 2 aromatic carbocycles. The van der Waals surface area contributed by atoms with Gasteiger partial charge in [0.05, 0.1) is 5.52 Å². The number of aryl methyl sites for hydroxylation is 1. The van der Waals surface area contributed by atoms with Gasteiger partial charge in [0.25, 0.3) is 0 Å². The average Bonchev–Trinajstić information content (AvgIpc) is 2.61. The molecule has 0 amide bonds. The lowest BCUT2D eigenvalue weighted by atomic mass is 10.1. The molecule has 1 heterocycles. The number of hydrogen-bond acceptors (Lipinski definition) is 0. The van der Waals surface area contributed by atoms with E-state index in [4.69, 9.17) is 0 Å². The number of halogens is 2. The van der Waals surface area contributed by atoms with Gasteiger partial charge in [-0.3, -0.25) is 0 Å². The van der Waals surface area contributed by atoms with Crippen LogP contribution in [-0.4, -0.2) is 4.57 Å². The van der Waals surface area contributed by atoms with E-state index in [2.05, 4.69) is 0 Å². The molecule has 0 unspecified atom stereocenters. The Morgan fingerprint density at radius 2 is 1.74 bits per heavy atom. The maximum atomic E-state index is 14.1. The first-order valence-electron chi connectivity index (χ1n) is 6.38. The molecule has 3 heteroatoms. The van der Waals surface area contributed by atoms with Crippen LogP contribution in [0.1, 0.15) is 25.5 Å². The van der Waals surface area contributed by atoms with Gasteiger partial charge in [-0.25, -0.2) is 8.78 Å². The van der Waals surface area contributed by atoms with Crippen LogP contribution in [0.2, 0.25) is 0 Å². The van der Waals surface area contributed by atoms with E-state index in [-0.39, 0.29) is 6.04 Å². The summed E-state index contributed by atoms with van der Waals surface area (Å²) in [5.74, 6) is -1.03. The lowest BCUT2D eigenvalue weighted by molar-refractivity contribution is 0.588. The van der Waals surface area contributed by atoms with Crippen LogP contribution in [0.3, 0.4) is 0 Å². The summed E-state index contributed by atoms with van der Waals surface area (Å²) in [5, 5.41) is 1.36. The number of aromatic nitrogens is 1. The van der Waals surface area contributed by atoms with Gasteiger partial charge in [-0.15, -0.1) is 0 Å². The van der Waals surface area contributed by atoms with Gasteiger partial charge < -0.3 is 4.57 Å². The first-order valence-corrected chi connectivity index (χ1v) is 6.38. The van der Waals surface area contributed by atoms with Crippen molar-refractivity contribution >= 4 is 21.8 Å². The summed E-state index contributed by atoms with van der Waals surface area (Å²) in [6, 6.07) is 8.43. The van der Waals surface area contributed by atoms with E-state index in [1.165, 1.54) is 6.07 Å². The van der Waals surface area contributed by atoms with Crippen LogP contribution in [-0.2, 0) is 0 Å². The van der Waals surface area contributed by atoms with Crippen molar-refractivity contribution in [1.82, 2.24) is 4.57 Å². The fraction of sp³-hybridized carbons (Fsp3) is 0.250. The smallest absolute Gasteiger partial charge is 0.136 e. The first-order chi connectivity index (χ1) is 8.99. The predicted octanol–water partition coefficient (Wildman–Crippen LogP) is 4.96. The van der Waals surface area contributed by atoms with Gasteiger partial charge in [0.1, 0.15) is 11.6 Å². The average molecular weight is 259 g/mol. The number of hydrogen-bond donors (Lipinski definition) is 0. The van der Waals surface area contributed by atoms with Gasteiger partial charge in [-0.1, -0.05) is 11.6 Å². The molecular weight excluding hydrogens is 244 g/mol. The van der Waals surface area contributed by atoms with Crippen molar-refractivity contribution in [3.63, 3.8) is 0 Å². The highest BCUT2D eigenvalue weighted by atomic mass is 19.1. The topological polar surface area (TPSA) is 4.93 Å². The van der Waals surface area contributed by atoms with Crippen LogP contribution < -0.4 is 0 Å². The third-order valence-corrected chi connectivity index (χ3v) is 3.49. The Labute approximate surface area is 110 Å². The van der Waals surface area contributed by atoms with E-state index in [0.29, 0.717) is 10.9 Å². The number of fused-ring (bicyclic) bond motifs is 3. The van der Waals surface area contributed by atoms with E-state index < -0.39 is 11.6 Å². The summed E-state index contributed by atoms with van der Waals surface area (Å²) < 4.78 is 29.6. The Balaban J connectivity index is 2.62. The molecular formula is C16H15F2N. The summed E-state index contributed by atoms with van der Waals surface area (Å²) in [6.07, 6.45) is 0. The van der Waals surface area contributed by atoms with Crippen LogP contribution in [0.4, 0.5) is 8.78 Å². The zero-order chi connectivity index (χ0) is 13.7. The molecule has 3 aromatic rings. The van der Waals surface area contributed by atoms with Crippen molar-refractivity contribution in [1.29, 1.82) is 0 Å². The van der Waals surface area contributed by atoms with E-state index in [0.717, 1.165) is 22.5 Å². The van der Waals surface area contributed by atoms with E-state index in [9.17, 15) is 8.78 Å². The van der Waals surface area contributed by atoms with Gasteiger partial charge in [0.2, 0.25) is 0 Å². The van der Waals surface area contributed by atoms with Crippen molar-refractivity contribution in [2.24, 2.45) is 0 Å². The molecule has 0 N–H and O–H groups in total. The van der Waals surface area contributed by atoms with Crippen LogP contribution >= 0.6 is 0 Å². The van der Waals surface area contributed by atoms with Crippen LogP contribution in [0.25, 0.3) is 21.8 Å². The molecule has 19 heavy (non-hydrogen) atoms. The predicted molar refractivity (Wildman–Crippen MR) is 74.5 cm³/mol. The molecule has 1 aromatic heterocycles. The molecule has 0 bridgehead atoms. The monoisotopic (exact) mass is 259 g/mol. The molecule has 0 radical (unpaired) electrons. The zero-order valence-electron chi connectivity index (χ0n) is 11.2. The zero-order valence-corrected chi connectivity index (χ0v) is 11.2. The minimum atomic E-state index is -0.536. The molecule has 0 aliphatic carbocycles. The van der Waals surface area contributed by atoms with E-state index in [1.807, 2.05) is 43.5 Å². The van der Waals surface area contributed by atoms with Crippen molar-refractivity contribution in [2.45, 2.75) is 26.8 Å². The largest absolute Gasteiger partial charge is 0.338 e. The number of rotatable bonds is 1. The van der Waals surface area contributed by atoms with Crippen LogP contribution in [0.5, 0.6) is 0 Å². The van der Waals surface area contributed by atoms with Crippen molar-refractivity contribution in [3.8, 4) is 0 Å². The lowest BCUT2D eigenvalue weighted by Gasteiger charge is -2.11. The minimum Gasteiger partial charge on any atom is -0.338 e. The third kappa shape index (κ3) is 1.72. The molecule has 0 aliphatic heterocycles. The van der Waals surface area contributed by atoms with Crippen molar-refractivity contribution in [3.05, 3.63) is 47.5 Å². The fourth-order valence-electron chi connectivity index (χ4n) is 2.76. The van der Waals surface area contributed by atoms with Gasteiger partial charge in [-0.2, -0.15) is 0 Å². The molecule has 0 saturated carbocycles. The molecule has 0 saturated heterocycles. The second-order valence-corrected chi connectivity index (χ2v) is 5.27. The van der Waals surface area contributed by atoms with Crippen LogP contribution in [0.15, 0.2) is 30.3 Å². The molecule has 0 spiro atoms. The highest BCUT2D eigenvalue weighted by Crippen LogP contribution is 2.34. The Bertz CT molecular complexity index is 784. The highest BCUT2D eigenvalue weighted by Gasteiger charge is 2.17. The summed E-state index contributed by atoms with van der Waals surface area (Å²) in [4.78, 5) is 0. The second kappa shape index (κ2) is 4.05. The first kappa shape index (κ1) is 12.2. The standard InChI is InChI=1S/C16H15F2N/c1-9(2)19-14-5-4-10(3)6-12(14)16-13(18)7-11(17)8-15(16)19/h4-9H,1-3H3. The van der Waals surface area contributed by atoms with Gasteiger partial charge in [-0.05, 0) is 39.0 Å². The maximum absolute atomic E-state index is 14.1. The number of benzene rings is 2. The minimum absolute atomic E-state index is 0.143. The van der Waals surface area contributed by atoms with Crippen molar-refractivity contribution in [2.75, 3.05) is 0 Å². The quantitative estimate of drug-likeness (QED) is 0.582. The molecule has 0 atom stereocenters. The molecule has 0 fully saturated rings. The fourth-order valence-corrected chi connectivity index (χ4v) is 2.76. The Morgan fingerprint density at radius 1 is 1.00 bits per heavy atom. The Kier molecular flexibility index (Phi) is 2.59. The molecule has 3 rings (SSSR count). The Hall–Kier alpha value is -1.90. The second-order valence-electron chi connectivity index (χ2n) is 5.27. The summed E-state index contributed by atoms with van der Waals surface area (Å²) >= 11 is 0. The summed E-state index contributed by atoms with van der Waals surface area (Å²) in [6.45, 7) is 6.00. The Morgan fingerprint density at radius 3 is 2.42 bits per heavy atom. The summed E-state index contributed by atoms with van der Waals surface area (Å²) in [5.41, 5.74) is 2.63. The van der Waals surface area contributed by atoms with Gasteiger partial charge in [0.15, 0.2) is 0 Å². The van der Waals surface area contributed by atoms with Crippen LogP contribution in [0, 0.1) is 18.6 Å². The molecule has 98 valence electrons. The highest BCUT2D eigenvalue weighted by molar-refractivity contribution is 6.08. The van der Waals surface area contributed by atoms with Crippen molar-refractivity contribution < 1.29 is 8.78 Å². The summed E-state index contributed by atoms with van der Waals surface area (Å²) in [7, 11) is 0. The third-order valence-electron chi connectivity index (χ3n) is 3.49. The SMILES string of the molecule is Cc1ccc2c(c1)c1c(F)cc(F)cc1n2C(C)C.